The fourth-order valence-electron chi connectivity index (χ4n) is 3.89. The van der Waals surface area contributed by atoms with E-state index >= 15 is 0 Å². The topological polar surface area (TPSA) is 68.2 Å². The third-order valence-corrected chi connectivity index (χ3v) is 8.14. The van der Waals surface area contributed by atoms with Crippen molar-refractivity contribution >= 4 is 44.1 Å². The fraction of sp³-hybridized carbons (Fsp3) is 0.350. The fourth-order valence-corrected chi connectivity index (χ4v) is 7.01. The summed E-state index contributed by atoms with van der Waals surface area (Å²) in [6.07, 6.45) is 0. The van der Waals surface area contributed by atoms with Gasteiger partial charge in [-0.1, -0.05) is 35.5 Å². The molecule has 0 N–H and O–H groups in total. The summed E-state index contributed by atoms with van der Waals surface area (Å²) in [7, 11) is -3.09. The van der Waals surface area contributed by atoms with Gasteiger partial charge in [-0.3, -0.25) is 4.99 Å². The zero-order valence-electron chi connectivity index (χ0n) is 15.5. The van der Waals surface area contributed by atoms with Crippen LogP contribution in [-0.2, 0) is 15.6 Å². The molecule has 29 heavy (non-hydrogen) atoms. The van der Waals surface area contributed by atoms with E-state index in [1.54, 1.807) is 11.8 Å². The maximum atomic E-state index is 12.2. The standard InChI is InChI=1S/C20H19ClN2O4S2/c21-14-3-1-2-13(8-14)10-28-20-22-16-11-29(24,25)12-17(16)23(20)15-4-5-18-19(9-15)27-7-6-26-18/h1-5,8-9,16-17H,6-7,10-12H2/t16-,17-/m1/s1. The highest BCUT2D eigenvalue weighted by Gasteiger charge is 2.47. The zero-order valence-corrected chi connectivity index (χ0v) is 17.8. The molecular formula is C20H19ClN2O4S2. The number of hydrogen-bond acceptors (Lipinski definition) is 7. The van der Waals surface area contributed by atoms with Crippen LogP contribution in [0.5, 0.6) is 11.5 Å². The van der Waals surface area contributed by atoms with Crippen molar-refractivity contribution in [3.8, 4) is 11.5 Å². The van der Waals surface area contributed by atoms with Crippen molar-refractivity contribution in [3.05, 3.63) is 53.1 Å². The highest BCUT2D eigenvalue weighted by atomic mass is 35.5. The number of aliphatic imine (C=N–C) groups is 1. The Morgan fingerprint density at radius 3 is 2.76 bits per heavy atom. The quantitative estimate of drug-likeness (QED) is 0.714. The van der Waals surface area contributed by atoms with Crippen molar-refractivity contribution < 1.29 is 17.9 Å². The van der Waals surface area contributed by atoms with Gasteiger partial charge in [-0.05, 0) is 29.8 Å². The second kappa shape index (κ2) is 7.41. The average Bonchev–Trinajstić information content (AvgIpc) is 3.17. The summed E-state index contributed by atoms with van der Waals surface area (Å²) in [6.45, 7) is 1.03. The third kappa shape index (κ3) is 3.81. The van der Waals surface area contributed by atoms with Gasteiger partial charge in [0.1, 0.15) is 13.2 Å². The number of sulfone groups is 1. The summed E-state index contributed by atoms with van der Waals surface area (Å²) >= 11 is 7.69. The number of fused-ring (bicyclic) bond motifs is 2. The minimum atomic E-state index is -3.09. The van der Waals surface area contributed by atoms with Crippen LogP contribution in [0, 0.1) is 0 Å². The van der Waals surface area contributed by atoms with Crippen LogP contribution >= 0.6 is 23.4 Å². The van der Waals surface area contributed by atoms with Crippen molar-refractivity contribution in [2.45, 2.75) is 17.8 Å². The van der Waals surface area contributed by atoms with Gasteiger partial charge in [0.2, 0.25) is 0 Å². The van der Waals surface area contributed by atoms with E-state index in [0.717, 1.165) is 16.4 Å². The molecule has 152 valence electrons. The molecule has 1 fully saturated rings. The first kappa shape index (κ1) is 19.1. The second-order valence-electron chi connectivity index (χ2n) is 7.24. The number of benzene rings is 2. The van der Waals surface area contributed by atoms with Crippen LogP contribution in [0.25, 0.3) is 0 Å². The Bertz CT molecular complexity index is 1090. The van der Waals surface area contributed by atoms with Crippen molar-refractivity contribution in [1.82, 2.24) is 0 Å². The van der Waals surface area contributed by atoms with E-state index in [2.05, 4.69) is 0 Å². The Morgan fingerprint density at radius 1 is 1.10 bits per heavy atom. The first-order valence-corrected chi connectivity index (χ1v) is 12.5. The van der Waals surface area contributed by atoms with Crippen LogP contribution in [0.4, 0.5) is 5.69 Å². The Labute approximate surface area is 178 Å². The molecule has 0 saturated carbocycles. The second-order valence-corrected chi connectivity index (χ2v) is 10.8. The van der Waals surface area contributed by atoms with Crippen LogP contribution in [0.3, 0.4) is 0 Å². The molecule has 0 radical (unpaired) electrons. The maximum absolute atomic E-state index is 12.2. The number of halogens is 1. The van der Waals surface area contributed by atoms with E-state index in [4.69, 9.17) is 26.1 Å². The molecule has 0 bridgehead atoms. The summed E-state index contributed by atoms with van der Waals surface area (Å²) in [4.78, 5) is 6.82. The van der Waals surface area contributed by atoms with E-state index in [1.165, 1.54) is 0 Å². The molecular weight excluding hydrogens is 432 g/mol. The normalized spacial score (nSPS) is 24.3. The molecule has 2 atom stereocenters. The van der Waals surface area contributed by atoms with E-state index in [1.807, 2.05) is 47.4 Å². The Kier molecular flexibility index (Phi) is 4.88. The Balaban J connectivity index is 1.45. The molecule has 9 heteroatoms. The number of thioether (sulfide) groups is 1. The number of anilines is 1. The summed E-state index contributed by atoms with van der Waals surface area (Å²) < 4.78 is 35.8. The predicted octanol–water partition coefficient (Wildman–Crippen LogP) is 3.39. The summed E-state index contributed by atoms with van der Waals surface area (Å²) in [5, 5.41) is 1.52. The minimum absolute atomic E-state index is 0.0972. The van der Waals surface area contributed by atoms with Gasteiger partial charge in [0.15, 0.2) is 26.5 Å². The summed E-state index contributed by atoms with van der Waals surface area (Å²) in [5.74, 6) is 2.29. The lowest BCUT2D eigenvalue weighted by atomic mass is 10.1. The van der Waals surface area contributed by atoms with Crippen molar-refractivity contribution in [2.24, 2.45) is 4.99 Å². The first-order chi connectivity index (χ1) is 14.0. The van der Waals surface area contributed by atoms with Gasteiger partial charge in [0, 0.05) is 22.5 Å². The average molecular weight is 451 g/mol. The Morgan fingerprint density at radius 2 is 1.93 bits per heavy atom. The number of hydrogen-bond donors (Lipinski definition) is 0. The van der Waals surface area contributed by atoms with Crippen LogP contribution in [0.2, 0.25) is 5.02 Å². The maximum Gasteiger partial charge on any atom is 0.164 e. The van der Waals surface area contributed by atoms with Crippen LogP contribution in [-0.4, -0.2) is 50.4 Å². The Hall–Kier alpha value is -1.90. The molecule has 5 rings (SSSR count). The largest absolute Gasteiger partial charge is 0.486 e. The van der Waals surface area contributed by atoms with Crippen LogP contribution in [0.1, 0.15) is 5.56 Å². The lowest BCUT2D eigenvalue weighted by molar-refractivity contribution is 0.171. The summed E-state index contributed by atoms with van der Waals surface area (Å²) in [6, 6.07) is 13.0. The smallest absolute Gasteiger partial charge is 0.164 e. The van der Waals surface area contributed by atoms with Gasteiger partial charge < -0.3 is 14.4 Å². The number of nitrogens with zero attached hydrogens (tertiary/aromatic N) is 2. The highest BCUT2D eigenvalue weighted by Crippen LogP contribution is 2.40. The van der Waals surface area contributed by atoms with Crippen molar-refractivity contribution in [3.63, 3.8) is 0 Å². The molecule has 2 aromatic rings. The van der Waals surface area contributed by atoms with E-state index < -0.39 is 9.84 Å². The summed E-state index contributed by atoms with van der Waals surface area (Å²) in [5.41, 5.74) is 1.97. The molecule has 3 aliphatic heterocycles. The van der Waals surface area contributed by atoms with Gasteiger partial charge in [-0.25, -0.2) is 8.42 Å². The number of rotatable bonds is 3. The zero-order chi connectivity index (χ0) is 20.0. The predicted molar refractivity (Wildman–Crippen MR) is 116 cm³/mol. The van der Waals surface area contributed by atoms with E-state index in [9.17, 15) is 8.42 Å². The molecule has 0 aliphatic carbocycles. The van der Waals surface area contributed by atoms with Gasteiger partial charge in [-0.2, -0.15) is 0 Å². The monoisotopic (exact) mass is 450 g/mol. The lowest BCUT2D eigenvalue weighted by Crippen LogP contribution is -2.39. The van der Waals surface area contributed by atoms with Gasteiger partial charge in [-0.15, -0.1) is 0 Å². The van der Waals surface area contributed by atoms with Gasteiger partial charge in [0.25, 0.3) is 0 Å². The third-order valence-electron chi connectivity index (χ3n) is 5.17. The van der Waals surface area contributed by atoms with E-state index in [0.29, 0.717) is 35.5 Å². The lowest BCUT2D eigenvalue weighted by Gasteiger charge is -2.28. The van der Waals surface area contributed by atoms with Crippen molar-refractivity contribution in [2.75, 3.05) is 29.6 Å². The van der Waals surface area contributed by atoms with Crippen LogP contribution < -0.4 is 14.4 Å². The molecule has 0 unspecified atom stereocenters. The molecule has 3 heterocycles. The van der Waals surface area contributed by atoms with Crippen LogP contribution in [0.15, 0.2) is 47.5 Å². The molecule has 0 amide bonds. The molecule has 3 aliphatic rings. The van der Waals surface area contributed by atoms with Gasteiger partial charge >= 0.3 is 0 Å². The minimum Gasteiger partial charge on any atom is -0.486 e. The van der Waals surface area contributed by atoms with E-state index in [-0.39, 0.29) is 23.6 Å². The SMILES string of the molecule is O=S1(=O)C[C@@H]2[C@@H](C1)N=C(SCc1cccc(Cl)c1)N2c1ccc2c(c1)OCCO2. The van der Waals surface area contributed by atoms with Gasteiger partial charge in [0.05, 0.1) is 23.6 Å². The number of ether oxygens (including phenoxy) is 2. The molecule has 0 aromatic heterocycles. The number of amidine groups is 1. The molecule has 1 saturated heterocycles. The highest BCUT2D eigenvalue weighted by molar-refractivity contribution is 8.13. The molecule has 0 spiro atoms. The first-order valence-electron chi connectivity index (χ1n) is 9.33. The molecule has 2 aromatic carbocycles. The van der Waals surface area contributed by atoms with Crippen molar-refractivity contribution in [1.29, 1.82) is 0 Å². The molecule has 6 nitrogen and oxygen atoms in total.